The third-order valence-electron chi connectivity index (χ3n) is 5.61. The highest BCUT2D eigenvalue weighted by Gasteiger charge is 2.25. The van der Waals surface area contributed by atoms with Crippen molar-refractivity contribution >= 4 is 44.0 Å². The van der Waals surface area contributed by atoms with Crippen molar-refractivity contribution in [2.24, 2.45) is 0 Å². The Labute approximate surface area is 209 Å². The second kappa shape index (κ2) is 11.4. The predicted octanol–water partition coefficient (Wildman–Crippen LogP) is 5.00. The molecular formula is C24H28N4O3S3. The molecule has 3 aromatic rings. The van der Waals surface area contributed by atoms with Crippen LogP contribution in [0, 0.1) is 6.92 Å². The lowest BCUT2D eigenvalue weighted by atomic mass is 10.1. The molecule has 0 saturated carbocycles. The number of thioether (sulfide) groups is 1. The summed E-state index contributed by atoms with van der Waals surface area (Å²) in [5, 5.41) is 11.9. The maximum atomic E-state index is 13.1. The molecule has 180 valence electrons. The van der Waals surface area contributed by atoms with E-state index in [4.69, 9.17) is 0 Å². The van der Waals surface area contributed by atoms with Gasteiger partial charge in [-0.05, 0) is 37.5 Å². The lowest BCUT2D eigenvalue weighted by molar-refractivity contribution is 0.101. The highest BCUT2D eigenvalue weighted by Crippen LogP contribution is 2.28. The topological polar surface area (TPSA) is 92.3 Å². The van der Waals surface area contributed by atoms with Gasteiger partial charge in [0.25, 0.3) is 0 Å². The van der Waals surface area contributed by atoms with E-state index in [2.05, 4.69) is 40.6 Å². The quantitative estimate of drug-likeness (QED) is 0.316. The molecule has 0 spiro atoms. The van der Waals surface area contributed by atoms with Crippen molar-refractivity contribution < 1.29 is 13.2 Å². The number of hydrogen-bond donors (Lipinski definition) is 1. The summed E-state index contributed by atoms with van der Waals surface area (Å²) in [5.74, 6) is 0.602. The Morgan fingerprint density at radius 3 is 2.59 bits per heavy atom. The van der Waals surface area contributed by atoms with Crippen molar-refractivity contribution in [1.82, 2.24) is 14.5 Å². The molecule has 1 fully saturated rings. The molecule has 7 nitrogen and oxygen atoms in total. The Morgan fingerprint density at radius 1 is 1.06 bits per heavy atom. The van der Waals surface area contributed by atoms with Crippen LogP contribution in [-0.2, 0) is 15.8 Å². The second-order valence-electron chi connectivity index (χ2n) is 8.27. The van der Waals surface area contributed by atoms with Crippen LogP contribution in [0.5, 0.6) is 0 Å². The zero-order valence-corrected chi connectivity index (χ0v) is 21.5. The van der Waals surface area contributed by atoms with Crippen LogP contribution in [0.25, 0.3) is 0 Å². The van der Waals surface area contributed by atoms with Crippen molar-refractivity contribution in [1.29, 1.82) is 0 Å². The average Bonchev–Trinajstić information content (AvgIpc) is 3.11. The van der Waals surface area contributed by atoms with E-state index in [0.717, 1.165) is 35.8 Å². The monoisotopic (exact) mass is 516 g/mol. The first-order valence-electron chi connectivity index (χ1n) is 11.3. The van der Waals surface area contributed by atoms with Crippen molar-refractivity contribution in [3.63, 3.8) is 0 Å². The number of anilines is 1. The summed E-state index contributed by atoms with van der Waals surface area (Å²) in [7, 11) is -3.60. The molecule has 0 bridgehead atoms. The number of rotatable bonds is 9. The van der Waals surface area contributed by atoms with Crippen LogP contribution in [0.4, 0.5) is 5.13 Å². The molecular weight excluding hydrogens is 488 g/mol. The SMILES string of the molecule is Cc1cccc(CSc2nnc(NCC(=O)c3cccc(S(=O)(=O)N4CCCCCC4)c3)s2)c1. The summed E-state index contributed by atoms with van der Waals surface area (Å²) in [5.41, 5.74) is 2.81. The Bertz CT molecular complexity index is 1240. The number of benzene rings is 2. The van der Waals surface area contributed by atoms with Crippen LogP contribution in [0.2, 0.25) is 0 Å². The van der Waals surface area contributed by atoms with Crippen molar-refractivity contribution in [3.8, 4) is 0 Å². The van der Waals surface area contributed by atoms with Crippen molar-refractivity contribution in [3.05, 3.63) is 65.2 Å². The molecule has 1 aliphatic heterocycles. The molecule has 2 aromatic carbocycles. The van der Waals surface area contributed by atoms with Gasteiger partial charge in [-0.25, -0.2) is 8.42 Å². The van der Waals surface area contributed by atoms with Crippen LogP contribution in [0.3, 0.4) is 0 Å². The minimum atomic E-state index is -3.60. The third-order valence-corrected chi connectivity index (χ3v) is 9.59. The molecule has 0 atom stereocenters. The number of carbonyl (C=O) groups is 1. The molecule has 0 aliphatic carbocycles. The molecule has 0 unspecified atom stereocenters. The molecule has 2 heterocycles. The molecule has 1 aromatic heterocycles. The van der Waals surface area contributed by atoms with Crippen molar-refractivity contribution in [2.45, 2.75) is 47.6 Å². The zero-order chi connectivity index (χ0) is 24.0. The van der Waals surface area contributed by atoms with E-state index in [1.165, 1.54) is 28.5 Å². The first-order chi connectivity index (χ1) is 16.4. The van der Waals surface area contributed by atoms with E-state index >= 15 is 0 Å². The van der Waals surface area contributed by atoms with Gasteiger partial charge in [0, 0.05) is 24.4 Å². The Morgan fingerprint density at radius 2 is 1.82 bits per heavy atom. The van der Waals surface area contributed by atoms with Gasteiger partial charge in [0.1, 0.15) is 0 Å². The fourth-order valence-corrected chi connectivity index (χ4v) is 7.06. The standard InChI is InChI=1S/C24H28N4O3S3/c1-18-8-6-9-19(14-18)17-32-24-27-26-23(33-24)25-16-22(29)20-10-7-11-21(15-20)34(30,31)28-12-4-2-3-5-13-28/h6-11,14-15H,2-5,12-13,16-17H2,1H3,(H,25,26). The molecule has 0 radical (unpaired) electrons. The van der Waals surface area contributed by atoms with Gasteiger partial charge in [-0.3, -0.25) is 4.79 Å². The van der Waals surface area contributed by atoms with E-state index < -0.39 is 10.0 Å². The van der Waals surface area contributed by atoms with E-state index in [1.807, 2.05) is 6.07 Å². The van der Waals surface area contributed by atoms with Gasteiger partial charge in [0.05, 0.1) is 11.4 Å². The first-order valence-corrected chi connectivity index (χ1v) is 14.6. The summed E-state index contributed by atoms with van der Waals surface area (Å²) in [6, 6.07) is 14.7. The molecule has 1 saturated heterocycles. The number of Topliss-reactive ketones (excluding diaryl/α,β-unsaturated/α-hetero) is 1. The number of carbonyl (C=O) groups excluding carboxylic acids is 1. The van der Waals surface area contributed by atoms with Crippen LogP contribution in [0.1, 0.15) is 47.2 Å². The Balaban J connectivity index is 1.34. The highest BCUT2D eigenvalue weighted by molar-refractivity contribution is 8.00. The Hall–Kier alpha value is -2.27. The van der Waals surface area contributed by atoms with E-state index in [0.29, 0.717) is 23.8 Å². The van der Waals surface area contributed by atoms with Gasteiger partial charge < -0.3 is 5.32 Å². The maximum absolute atomic E-state index is 13.1. The predicted molar refractivity (Wildman–Crippen MR) is 137 cm³/mol. The van der Waals surface area contributed by atoms with Crippen LogP contribution >= 0.6 is 23.1 Å². The van der Waals surface area contributed by atoms with Gasteiger partial charge in [-0.15, -0.1) is 10.2 Å². The van der Waals surface area contributed by atoms with Crippen LogP contribution < -0.4 is 5.32 Å². The fraction of sp³-hybridized carbons (Fsp3) is 0.375. The van der Waals surface area contributed by atoms with E-state index in [-0.39, 0.29) is 17.2 Å². The van der Waals surface area contributed by atoms with Gasteiger partial charge in [-0.1, -0.05) is 77.9 Å². The third kappa shape index (κ3) is 6.44. The number of hydrogen-bond acceptors (Lipinski definition) is 8. The molecule has 1 N–H and O–H groups in total. The minimum absolute atomic E-state index is 0.0182. The fourth-order valence-electron chi connectivity index (χ4n) is 3.81. The van der Waals surface area contributed by atoms with Crippen molar-refractivity contribution in [2.75, 3.05) is 25.0 Å². The summed E-state index contributed by atoms with van der Waals surface area (Å²) >= 11 is 3.00. The highest BCUT2D eigenvalue weighted by atomic mass is 32.2. The molecule has 10 heteroatoms. The summed E-state index contributed by atoms with van der Waals surface area (Å²) in [4.78, 5) is 12.9. The molecule has 4 rings (SSSR count). The van der Waals surface area contributed by atoms with Gasteiger partial charge in [0.15, 0.2) is 10.1 Å². The number of aryl methyl sites for hydroxylation is 1. The van der Waals surface area contributed by atoms with Crippen LogP contribution in [0.15, 0.2) is 57.8 Å². The number of nitrogens with one attached hydrogen (secondary N) is 1. The molecule has 1 aliphatic rings. The van der Waals surface area contributed by atoms with E-state index in [1.54, 1.807) is 34.3 Å². The molecule has 0 amide bonds. The summed E-state index contributed by atoms with van der Waals surface area (Å²) < 4.78 is 28.5. The second-order valence-corrected chi connectivity index (χ2v) is 12.4. The summed E-state index contributed by atoms with van der Waals surface area (Å²) in [6.07, 6.45) is 3.84. The lowest BCUT2D eigenvalue weighted by Crippen LogP contribution is -2.32. The first kappa shape index (κ1) is 24.8. The number of nitrogens with zero attached hydrogens (tertiary/aromatic N) is 3. The Kier molecular flexibility index (Phi) is 8.36. The lowest BCUT2D eigenvalue weighted by Gasteiger charge is -2.20. The van der Waals surface area contributed by atoms with Gasteiger partial charge in [-0.2, -0.15) is 4.31 Å². The smallest absolute Gasteiger partial charge is 0.243 e. The van der Waals surface area contributed by atoms with Crippen LogP contribution in [-0.4, -0.2) is 48.3 Å². The number of ketones is 1. The molecule has 34 heavy (non-hydrogen) atoms. The normalized spacial score (nSPS) is 15.1. The number of aromatic nitrogens is 2. The summed E-state index contributed by atoms with van der Waals surface area (Å²) in [6.45, 7) is 3.15. The largest absolute Gasteiger partial charge is 0.353 e. The van der Waals surface area contributed by atoms with Gasteiger partial charge in [0.2, 0.25) is 15.2 Å². The van der Waals surface area contributed by atoms with Gasteiger partial charge >= 0.3 is 0 Å². The minimum Gasteiger partial charge on any atom is -0.353 e. The van der Waals surface area contributed by atoms with E-state index in [9.17, 15) is 13.2 Å². The maximum Gasteiger partial charge on any atom is 0.243 e. The number of sulfonamides is 1. The zero-order valence-electron chi connectivity index (χ0n) is 19.1. The average molecular weight is 517 g/mol.